The van der Waals surface area contributed by atoms with E-state index in [0.717, 1.165) is 0 Å². The molecule has 0 atom stereocenters. The van der Waals surface area contributed by atoms with Gasteiger partial charge in [0.15, 0.2) is 0 Å². The van der Waals surface area contributed by atoms with Gasteiger partial charge in [-0.05, 0) is 36.4 Å². The van der Waals surface area contributed by atoms with Gasteiger partial charge in [-0.1, -0.05) is 54.6 Å². The van der Waals surface area contributed by atoms with Crippen molar-refractivity contribution in [1.82, 2.24) is 0 Å². The van der Waals surface area contributed by atoms with Crippen molar-refractivity contribution in [2.75, 3.05) is 0 Å². The Hall–Kier alpha value is -2.61. The van der Waals surface area contributed by atoms with E-state index >= 15 is 0 Å². The normalized spacial score (nSPS) is 7.75. The maximum atomic E-state index is 7.75. The Morgan fingerprint density at radius 1 is 0.393 bits per heavy atom. The van der Waals surface area contributed by atoms with Gasteiger partial charge in [0.1, 0.15) is 15.9 Å². The minimum absolute atomic E-state index is 0. The van der Waals surface area contributed by atoms with E-state index in [4.69, 9.17) is 19.2 Å². The van der Waals surface area contributed by atoms with Crippen molar-refractivity contribution in [3.63, 3.8) is 0 Å². The van der Waals surface area contributed by atoms with E-state index in [9.17, 15) is 0 Å². The van der Waals surface area contributed by atoms with Crippen molar-refractivity contribution in [3.05, 3.63) is 91.0 Å². The summed E-state index contributed by atoms with van der Waals surface area (Å²) in [5.74, 6) is 0. The van der Waals surface area contributed by atoms with Crippen LogP contribution in [0.15, 0.2) is 91.0 Å². The molecule has 0 amide bonds. The van der Waals surface area contributed by atoms with Crippen LogP contribution in [0.3, 0.4) is 0 Å². The Balaban J connectivity index is -0.000000622. The molecule has 4 nitrogen and oxygen atoms in total. The molecule has 0 heterocycles. The van der Waals surface area contributed by atoms with Crippen molar-refractivity contribution < 1.29 is 38.7 Å². The molecule has 0 saturated carbocycles. The van der Waals surface area contributed by atoms with Gasteiger partial charge in [0.05, 0.1) is 7.92 Å². The van der Waals surface area contributed by atoms with Crippen LogP contribution < -0.4 is 15.9 Å². The zero-order valence-electron chi connectivity index (χ0n) is 15.0. The van der Waals surface area contributed by atoms with Gasteiger partial charge in [-0.15, -0.1) is 0 Å². The van der Waals surface area contributed by atoms with Crippen LogP contribution in [0.2, 0.25) is 0 Å². The van der Waals surface area contributed by atoms with Crippen LogP contribution in [0, 0.1) is 0 Å². The predicted molar refractivity (Wildman–Crippen MR) is 114 cm³/mol. The van der Waals surface area contributed by atoms with Crippen molar-refractivity contribution >= 4 is 51.0 Å². The minimum Gasteiger partial charge on any atom is -0.545 e. The van der Waals surface area contributed by atoms with Gasteiger partial charge in [0.25, 0.3) is 0 Å². The summed E-state index contributed by atoms with van der Waals surface area (Å²) in [6.07, 6.45) is 0. The molecule has 0 spiro atoms. The molecule has 0 saturated heterocycles. The summed E-state index contributed by atoms with van der Waals surface area (Å²) in [4.78, 5) is 31.0. The molecule has 3 aromatic rings. The summed E-state index contributed by atoms with van der Waals surface area (Å²) in [6.45, 7) is 13.0. The molecule has 0 radical (unpaired) electrons. The Morgan fingerprint density at radius 3 is 0.750 bits per heavy atom. The first kappa shape index (κ1) is 30.1. The van der Waals surface area contributed by atoms with Crippen LogP contribution in [-0.2, 0) is 38.7 Å². The maximum Gasteiger partial charge on any atom is 4.00 e. The number of hydrogen-bond acceptors (Lipinski definition) is 4. The first-order valence-corrected chi connectivity index (χ1v) is 8.92. The van der Waals surface area contributed by atoms with Crippen molar-refractivity contribution in [1.29, 1.82) is 0 Å². The van der Waals surface area contributed by atoms with E-state index in [1.54, 1.807) is 0 Å². The van der Waals surface area contributed by atoms with Gasteiger partial charge >= 0.3 is 19.5 Å². The smallest absolute Gasteiger partial charge is 0.545 e. The van der Waals surface area contributed by atoms with Gasteiger partial charge in [0.2, 0.25) is 0 Å². The van der Waals surface area contributed by atoms with Crippen LogP contribution >= 0.6 is 7.92 Å². The second-order valence-corrected chi connectivity index (χ2v) is 6.96. The van der Waals surface area contributed by atoms with Crippen molar-refractivity contribution in [2.24, 2.45) is 0 Å². The average molecular weight is 480 g/mol. The molecule has 144 valence electrons. The molecule has 0 aliphatic heterocycles. The molecule has 0 bridgehead atoms. The summed E-state index contributed by atoms with van der Waals surface area (Å²) in [5, 5.41) is 4.31. The van der Waals surface area contributed by atoms with E-state index < -0.39 is 7.92 Å². The fourth-order valence-corrected chi connectivity index (χ4v) is 4.89. The van der Waals surface area contributed by atoms with E-state index in [1.807, 2.05) is 0 Å². The van der Waals surface area contributed by atoms with Crippen LogP contribution in [0.4, 0.5) is 0 Å². The van der Waals surface area contributed by atoms with Gasteiger partial charge in [-0.25, -0.2) is 0 Å². The molecular formula is C22H20O4PRu+. The van der Waals surface area contributed by atoms with E-state index in [1.165, 1.54) is 15.9 Å². The van der Waals surface area contributed by atoms with Crippen LogP contribution in [0.1, 0.15) is 0 Å². The zero-order valence-corrected chi connectivity index (χ0v) is 17.7. The number of hydrogen-bond donors (Lipinski definition) is 0. The molecule has 0 N–H and O–H groups in total. The Morgan fingerprint density at radius 2 is 0.571 bits per heavy atom. The molecule has 0 fully saturated rings. The number of carbonyl (C=O) groups excluding carboxylic acids is 4. The third kappa shape index (κ3) is 10.5. The number of benzene rings is 3. The molecule has 0 unspecified atom stereocenters. The number of rotatable bonds is 3. The van der Waals surface area contributed by atoms with Gasteiger partial charge in [-0.2, -0.15) is 0 Å². The molecule has 0 aliphatic rings. The molecule has 28 heavy (non-hydrogen) atoms. The van der Waals surface area contributed by atoms with Gasteiger partial charge in [-0.3, -0.25) is 27.2 Å². The topological polar surface area (TPSA) is 68.3 Å². The molecule has 6 heteroatoms. The van der Waals surface area contributed by atoms with Gasteiger partial charge in [0, 0.05) is 0 Å². The quantitative estimate of drug-likeness (QED) is 0.249. The van der Waals surface area contributed by atoms with Crippen LogP contribution in [0.25, 0.3) is 0 Å². The molecule has 0 aromatic heterocycles. The molecule has 3 rings (SSSR count). The monoisotopic (exact) mass is 481 g/mol. The summed E-state index contributed by atoms with van der Waals surface area (Å²) in [6, 6.07) is 32.5. The van der Waals surface area contributed by atoms with Crippen molar-refractivity contribution in [3.8, 4) is 0 Å². The summed E-state index contributed by atoms with van der Waals surface area (Å²) >= 11 is 0. The Labute approximate surface area is 180 Å². The minimum atomic E-state index is -0.877. The summed E-state index contributed by atoms with van der Waals surface area (Å²) in [5.41, 5.74) is 0. The van der Waals surface area contributed by atoms with Crippen LogP contribution in [0.5, 0.6) is 0 Å². The maximum absolute atomic E-state index is 7.75. The average Bonchev–Trinajstić information content (AvgIpc) is 2.82. The van der Waals surface area contributed by atoms with E-state index in [0.29, 0.717) is 0 Å². The fourth-order valence-electron chi connectivity index (χ4n) is 2.31. The fraction of sp³-hybridized carbons (Fsp3) is 0. The van der Waals surface area contributed by atoms with Crippen LogP contribution in [-0.4, -0.2) is 27.2 Å². The largest absolute Gasteiger partial charge is 4.00 e. The van der Waals surface area contributed by atoms with Gasteiger partial charge < -0.3 is 19.2 Å². The third-order valence-electron chi connectivity index (χ3n) is 3.19. The van der Waals surface area contributed by atoms with E-state index in [2.05, 4.69) is 118 Å². The predicted octanol–water partition coefficient (Wildman–Crippen LogP) is 2.08. The first-order chi connectivity index (χ1) is 13.4. The molecule has 0 aliphatic carbocycles. The molecular weight excluding hydrogens is 460 g/mol. The second kappa shape index (κ2) is 22.4. The summed E-state index contributed by atoms with van der Waals surface area (Å²) < 4.78 is 0. The second-order valence-electron chi connectivity index (χ2n) is 4.47. The SMILES string of the molecule is [CH-]=O.[CH-]=O.[CH-]=O.[CH-]=O.[Ru+4].c1ccc([PH+](c2ccccc2)c2ccccc2)cc1. The molecule has 3 aromatic carbocycles. The van der Waals surface area contributed by atoms with Crippen molar-refractivity contribution in [2.45, 2.75) is 0 Å². The first-order valence-electron chi connectivity index (χ1n) is 7.42. The zero-order chi connectivity index (χ0) is 20.9. The third-order valence-corrected chi connectivity index (χ3v) is 5.92. The Bertz CT molecular complexity index is 598. The van der Waals surface area contributed by atoms with E-state index in [-0.39, 0.29) is 19.5 Å². The Kier molecular flexibility index (Phi) is 24.1. The standard InChI is InChI=1S/C18H15P.4CHO.Ru/c1-4-10-16(11-5-1)19(17-12-6-2-7-13-17)18-14-8-3-9-15-18;4*1-2;/h1-15H;4*1H;/q;4*-1;+4/p+1. The summed E-state index contributed by atoms with van der Waals surface area (Å²) in [7, 11) is -0.877.